The van der Waals surface area contributed by atoms with Gasteiger partial charge < -0.3 is 15.3 Å². The number of hydrogen-bond donors (Lipinski definition) is 2. The van der Waals surface area contributed by atoms with Gasteiger partial charge in [-0.05, 0) is 30.2 Å². The van der Waals surface area contributed by atoms with Crippen molar-refractivity contribution in [3.05, 3.63) is 42.2 Å². The summed E-state index contributed by atoms with van der Waals surface area (Å²) < 4.78 is 0. The summed E-state index contributed by atoms with van der Waals surface area (Å²) in [7, 11) is 1.88. The molecule has 1 atom stereocenters. The van der Waals surface area contributed by atoms with Gasteiger partial charge in [0.15, 0.2) is 0 Å². The zero-order chi connectivity index (χ0) is 15.5. The average Bonchev–Trinajstić information content (AvgIpc) is 3.00. The monoisotopic (exact) mass is 294 g/mol. The Kier molecular flexibility index (Phi) is 3.94. The van der Waals surface area contributed by atoms with Gasteiger partial charge in [-0.1, -0.05) is 6.07 Å². The molecule has 0 aliphatic carbocycles. The first kappa shape index (κ1) is 14.4. The Morgan fingerprint density at radius 3 is 2.95 bits per heavy atom. The lowest BCUT2D eigenvalue weighted by Gasteiger charge is -2.22. The Hall–Kier alpha value is -2.58. The predicted molar refractivity (Wildman–Crippen MR) is 86.8 cm³/mol. The molecule has 1 aliphatic rings. The van der Waals surface area contributed by atoms with Gasteiger partial charge in [0.2, 0.25) is 0 Å². The molecular formula is C17H18N4O. The van der Waals surface area contributed by atoms with Crippen LogP contribution in [0.5, 0.6) is 0 Å². The summed E-state index contributed by atoms with van der Waals surface area (Å²) in [6.45, 7) is 1.47. The second-order valence-corrected chi connectivity index (χ2v) is 5.40. The number of benzene rings is 1. The van der Waals surface area contributed by atoms with E-state index >= 15 is 0 Å². The van der Waals surface area contributed by atoms with Crippen molar-refractivity contribution in [3.8, 4) is 17.2 Å². The normalized spacial score (nSPS) is 17.3. The van der Waals surface area contributed by atoms with Crippen molar-refractivity contribution < 1.29 is 5.11 Å². The standard InChI is InChI=1S/C17H18N4O/c1-19-16-3-2-12(15-10-20-6-4-13(15)9-18)8-17(16)21-7-5-14(22)11-21/h2-4,6,8,10,14,19,22H,5,7,11H2,1H3. The fraction of sp³-hybridized carbons (Fsp3) is 0.294. The molecule has 0 saturated carbocycles. The molecule has 2 N–H and O–H groups in total. The number of rotatable bonds is 3. The van der Waals surface area contributed by atoms with E-state index in [2.05, 4.69) is 27.3 Å². The van der Waals surface area contributed by atoms with Crippen molar-refractivity contribution in [1.82, 2.24) is 4.98 Å². The molecule has 1 fully saturated rings. The number of nitriles is 1. The van der Waals surface area contributed by atoms with Crippen LogP contribution in [0.15, 0.2) is 36.7 Å². The highest BCUT2D eigenvalue weighted by molar-refractivity contribution is 5.80. The molecule has 0 amide bonds. The number of aliphatic hydroxyl groups is 1. The van der Waals surface area contributed by atoms with Crippen LogP contribution in [-0.2, 0) is 0 Å². The van der Waals surface area contributed by atoms with E-state index in [1.165, 1.54) is 0 Å². The number of pyridine rings is 1. The molecule has 5 heteroatoms. The summed E-state index contributed by atoms with van der Waals surface area (Å²) in [5.41, 5.74) is 4.46. The van der Waals surface area contributed by atoms with Crippen LogP contribution in [0, 0.1) is 11.3 Å². The maximum absolute atomic E-state index is 9.78. The van der Waals surface area contributed by atoms with Gasteiger partial charge in [-0.3, -0.25) is 4.98 Å². The fourth-order valence-electron chi connectivity index (χ4n) is 2.85. The van der Waals surface area contributed by atoms with E-state index in [0.29, 0.717) is 12.1 Å². The lowest BCUT2D eigenvalue weighted by molar-refractivity contribution is 0.198. The number of aliphatic hydroxyl groups excluding tert-OH is 1. The highest BCUT2D eigenvalue weighted by Gasteiger charge is 2.22. The summed E-state index contributed by atoms with van der Waals surface area (Å²) in [6, 6.07) is 9.98. The first-order chi connectivity index (χ1) is 10.7. The molecule has 1 saturated heterocycles. The molecule has 112 valence electrons. The number of aromatic nitrogens is 1. The molecule has 1 aromatic heterocycles. The predicted octanol–water partition coefficient (Wildman–Crippen LogP) is 2.23. The molecule has 2 heterocycles. The van der Waals surface area contributed by atoms with Gasteiger partial charge in [0, 0.05) is 38.1 Å². The van der Waals surface area contributed by atoms with Crippen LogP contribution in [0.2, 0.25) is 0 Å². The maximum atomic E-state index is 9.78. The fourth-order valence-corrected chi connectivity index (χ4v) is 2.85. The zero-order valence-corrected chi connectivity index (χ0v) is 12.5. The smallest absolute Gasteiger partial charge is 0.0999 e. The van der Waals surface area contributed by atoms with E-state index in [0.717, 1.165) is 35.5 Å². The summed E-state index contributed by atoms with van der Waals surface area (Å²) in [5, 5.41) is 22.2. The second-order valence-electron chi connectivity index (χ2n) is 5.40. The molecule has 5 nitrogen and oxygen atoms in total. The SMILES string of the molecule is CNc1ccc(-c2cnccc2C#N)cc1N1CCC(O)C1. The molecule has 1 aliphatic heterocycles. The first-order valence-electron chi connectivity index (χ1n) is 7.32. The van der Waals surface area contributed by atoms with Crippen LogP contribution in [-0.4, -0.2) is 36.3 Å². The summed E-state index contributed by atoms with van der Waals surface area (Å²) in [4.78, 5) is 6.30. The van der Waals surface area contributed by atoms with Gasteiger partial charge >= 0.3 is 0 Å². The Bertz CT molecular complexity index is 723. The maximum Gasteiger partial charge on any atom is 0.0999 e. The van der Waals surface area contributed by atoms with Crippen molar-refractivity contribution in [2.24, 2.45) is 0 Å². The van der Waals surface area contributed by atoms with Crippen LogP contribution in [0.3, 0.4) is 0 Å². The third-order valence-electron chi connectivity index (χ3n) is 4.02. The lowest BCUT2D eigenvalue weighted by atomic mass is 10.0. The first-order valence-corrected chi connectivity index (χ1v) is 7.32. The van der Waals surface area contributed by atoms with Crippen molar-refractivity contribution in [2.45, 2.75) is 12.5 Å². The Balaban J connectivity index is 2.06. The molecule has 0 spiro atoms. The third-order valence-corrected chi connectivity index (χ3v) is 4.02. The number of anilines is 2. The van der Waals surface area contributed by atoms with E-state index in [1.54, 1.807) is 18.5 Å². The number of nitrogens with one attached hydrogen (secondary N) is 1. The van der Waals surface area contributed by atoms with Crippen LogP contribution in [0.25, 0.3) is 11.1 Å². The second kappa shape index (κ2) is 6.04. The highest BCUT2D eigenvalue weighted by atomic mass is 16.3. The van der Waals surface area contributed by atoms with E-state index in [1.807, 2.05) is 19.2 Å². The van der Waals surface area contributed by atoms with Gasteiger partial charge in [-0.2, -0.15) is 5.26 Å². The van der Waals surface area contributed by atoms with E-state index in [-0.39, 0.29) is 6.10 Å². The quantitative estimate of drug-likeness (QED) is 0.908. The third kappa shape index (κ3) is 2.61. The lowest BCUT2D eigenvalue weighted by Crippen LogP contribution is -2.22. The Labute approximate surface area is 129 Å². The highest BCUT2D eigenvalue weighted by Crippen LogP contribution is 2.34. The van der Waals surface area contributed by atoms with E-state index in [4.69, 9.17) is 0 Å². The zero-order valence-electron chi connectivity index (χ0n) is 12.5. The van der Waals surface area contributed by atoms with Crippen molar-refractivity contribution in [3.63, 3.8) is 0 Å². The molecule has 0 radical (unpaired) electrons. The van der Waals surface area contributed by atoms with Crippen molar-refractivity contribution >= 4 is 11.4 Å². The van der Waals surface area contributed by atoms with Crippen LogP contribution in [0.4, 0.5) is 11.4 Å². The van der Waals surface area contributed by atoms with Crippen LogP contribution >= 0.6 is 0 Å². The summed E-state index contributed by atoms with van der Waals surface area (Å²) >= 11 is 0. The van der Waals surface area contributed by atoms with Crippen LogP contribution < -0.4 is 10.2 Å². The van der Waals surface area contributed by atoms with Crippen LogP contribution in [0.1, 0.15) is 12.0 Å². The minimum Gasteiger partial charge on any atom is -0.391 e. The molecule has 1 aromatic carbocycles. The molecule has 22 heavy (non-hydrogen) atoms. The number of β-amino-alcohol motifs (C(OH)–C–C–N with tert-alkyl or cyclic N) is 1. The summed E-state index contributed by atoms with van der Waals surface area (Å²) in [6.07, 6.45) is 3.85. The molecular weight excluding hydrogens is 276 g/mol. The van der Waals surface area contributed by atoms with Gasteiger partial charge in [-0.15, -0.1) is 0 Å². The topological polar surface area (TPSA) is 72.2 Å². The Morgan fingerprint density at radius 1 is 1.41 bits per heavy atom. The van der Waals surface area contributed by atoms with Crippen molar-refractivity contribution in [1.29, 1.82) is 5.26 Å². The average molecular weight is 294 g/mol. The van der Waals surface area contributed by atoms with E-state index < -0.39 is 0 Å². The minimum absolute atomic E-state index is 0.276. The summed E-state index contributed by atoms with van der Waals surface area (Å²) in [5.74, 6) is 0. The molecule has 0 bridgehead atoms. The van der Waals surface area contributed by atoms with E-state index in [9.17, 15) is 10.4 Å². The van der Waals surface area contributed by atoms with Gasteiger partial charge in [-0.25, -0.2) is 0 Å². The van der Waals surface area contributed by atoms with Gasteiger partial charge in [0.05, 0.1) is 29.1 Å². The van der Waals surface area contributed by atoms with Crippen molar-refractivity contribution in [2.75, 3.05) is 30.4 Å². The molecule has 3 rings (SSSR count). The Morgan fingerprint density at radius 2 is 2.27 bits per heavy atom. The number of hydrogen-bond acceptors (Lipinski definition) is 5. The van der Waals surface area contributed by atoms with Gasteiger partial charge in [0.1, 0.15) is 0 Å². The van der Waals surface area contributed by atoms with Gasteiger partial charge in [0.25, 0.3) is 0 Å². The minimum atomic E-state index is -0.276. The number of nitrogens with zero attached hydrogens (tertiary/aromatic N) is 3. The molecule has 1 unspecified atom stereocenters. The molecule has 2 aromatic rings. The largest absolute Gasteiger partial charge is 0.391 e.